The third-order valence-corrected chi connectivity index (χ3v) is 4.28. The molecule has 0 saturated carbocycles. The van der Waals surface area contributed by atoms with Crippen LogP contribution < -0.4 is 16.0 Å². The molecule has 26 heavy (non-hydrogen) atoms. The molecule has 0 aromatic rings. The van der Waals surface area contributed by atoms with E-state index in [1.165, 1.54) is 7.05 Å². The van der Waals surface area contributed by atoms with Crippen molar-refractivity contribution in [3.63, 3.8) is 0 Å². The predicted molar refractivity (Wildman–Crippen MR) is 106 cm³/mol. The summed E-state index contributed by atoms with van der Waals surface area (Å²) >= 11 is 8.10. The molecular formula is C16H29N3O5S2. The van der Waals surface area contributed by atoms with Gasteiger partial charge < -0.3 is 15.7 Å². The summed E-state index contributed by atoms with van der Waals surface area (Å²) in [6.45, 7) is 3.75. The minimum Gasteiger partial charge on any atom is -0.481 e. The summed E-state index contributed by atoms with van der Waals surface area (Å²) < 4.78 is 0. The molecule has 0 radical (unpaired) electrons. The van der Waals surface area contributed by atoms with Gasteiger partial charge in [-0.25, -0.2) is 0 Å². The number of carboxylic acid groups (broad SMARTS) is 1. The Bertz CT molecular complexity index is 502. The summed E-state index contributed by atoms with van der Waals surface area (Å²) in [5, 5.41) is 16.9. The number of aliphatic carboxylic acids is 1. The van der Waals surface area contributed by atoms with Crippen LogP contribution in [0.3, 0.4) is 0 Å². The summed E-state index contributed by atoms with van der Waals surface area (Å²) in [6.07, 6.45) is 0.0599. The maximum Gasteiger partial charge on any atom is 0.303 e. The predicted octanol–water partition coefficient (Wildman–Crippen LogP) is -0.116. The highest BCUT2D eigenvalue weighted by Crippen LogP contribution is 2.10. The number of thiol groups is 2. The quantitative estimate of drug-likeness (QED) is 0.135. The Morgan fingerprint density at radius 2 is 1.58 bits per heavy atom. The van der Waals surface area contributed by atoms with E-state index in [4.69, 9.17) is 5.11 Å². The van der Waals surface area contributed by atoms with Crippen molar-refractivity contribution in [1.82, 2.24) is 16.0 Å². The van der Waals surface area contributed by atoms with Crippen LogP contribution in [0.25, 0.3) is 0 Å². The molecule has 0 rings (SSSR count). The van der Waals surface area contributed by atoms with Gasteiger partial charge in [0.15, 0.2) is 0 Å². The number of likely N-dealkylation sites (N-methyl/N-ethyl adjacent to an activating group) is 1. The van der Waals surface area contributed by atoms with E-state index in [0.29, 0.717) is 6.42 Å². The van der Waals surface area contributed by atoms with Crippen molar-refractivity contribution in [2.24, 2.45) is 5.92 Å². The largest absolute Gasteiger partial charge is 0.481 e. The lowest BCUT2D eigenvalue weighted by atomic mass is 9.93. The summed E-state index contributed by atoms with van der Waals surface area (Å²) in [5.41, 5.74) is 0. The lowest BCUT2D eigenvalue weighted by molar-refractivity contribution is -0.141. The van der Waals surface area contributed by atoms with E-state index in [2.05, 4.69) is 41.2 Å². The Labute approximate surface area is 165 Å². The molecule has 0 aromatic carbocycles. The molecule has 0 heterocycles. The molecule has 0 bridgehead atoms. The second-order valence-electron chi connectivity index (χ2n) is 6.29. The number of Topliss-reactive ketones (excluding diaryl/α,β-unsaturated/α-hetero) is 2. The monoisotopic (exact) mass is 407 g/mol. The molecule has 1 amide bonds. The van der Waals surface area contributed by atoms with Crippen LogP contribution >= 0.6 is 25.3 Å². The first-order valence-corrected chi connectivity index (χ1v) is 9.66. The zero-order chi connectivity index (χ0) is 20.3. The molecule has 0 aliphatic rings. The molecule has 0 aromatic heterocycles. The molecule has 0 aliphatic heterocycles. The second kappa shape index (κ2) is 13.1. The topological polar surface area (TPSA) is 125 Å². The maximum absolute atomic E-state index is 12.6. The smallest absolute Gasteiger partial charge is 0.303 e. The van der Waals surface area contributed by atoms with Crippen LogP contribution in [0.1, 0.15) is 33.1 Å². The number of amides is 1. The van der Waals surface area contributed by atoms with E-state index in [1.807, 2.05) is 13.8 Å². The lowest BCUT2D eigenvalue weighted by Crippen LogP contribution is -2.54. The van der Waals surface area contributed by atoms with Crippen LogP contribution in [0.4, 0.5) is 0 Å². The van der Waals surface area contributed by atoms with Crippen molar-refractivity contribution in [3.8, 4) is 0 Å². The fourth-order valence-electron chi connectivity index (χ4n) is 2.34. The van der Waals surface area contributed by atoms with E-state index in [-0.39, 0.29) is 30.4 Å². The summed E-state index contributed by atoms with van der Waals surface area (Å²) in [5.74, 6) is -2.42. The van der Waals surface area contributed by atoms with Gasteiger partial charge in [-0.2, -0.15) is 25.3 Å². The highest BCUT2D eigenvalue weighted by atomic mass is 32.1. The van der Waals surface area contributed by atoms with Gasteiger partial charge in [0.2, 0.25) is 17.5 Å². The minimum absolute atomic E-state index is 0.000769. The van der Waals surface area contributed by atoms with Crippen LogP contribution in [0.15, 0.2) is 0 Å². The first-order valence-electron chi connectivity index (χ1n) is 8.40. The fraction of sp³-hybridized carbons (Fsp3) is 0.750. The van der Waals surface area contributed by atoms with Gasteiger partial charge >= 0.3 is 5.97 Å². The Morgan fingerprint density at radius 1 is 1.00 bits per heavy atom. The van der Waals surface area contributed by atoms with Gasteiger partial charge in [0.25, 0.3) is 0 Å². The molecule has 0 spiro atoms. The summed E-state index contributed by atoms with van der Waals surface area (Å²) in [4.78, 5) is 48.1. The average molecular weight is 408 g/mol. The van der Waals surface area contributed by atoms with Gasteiger partial charge in [-0.15, -0.1) is 0 Å². The zero-order valence-corrected chi connectivity index (χ0v) is 17.1. The molecule has 0 saturated heterocycles. The number of carbonyl (C=O) groups is 4. The number of hydrogen-bond acceptors (Lipinski definition) is 8. The summed E-state index contributed by atoms with van der Waals surface area (Å²) in [7, 11) is 1.49. The van der Waals surface area contributed by atoms with Crippen molar-refractivity contribution in [3.05, 3.63) is 0 Å². The Hall–Kier alpha value is -1.10. The van der Waals surface area contributed by atoms with Gasteiger partial charge in [-0.3, -0.25) is 24.5 Å². The highest BCUT2D eigenvalue weighted by Gasteiger charge is 2.33. The van der Waals surface area contributed by atoms with Crippen molar-refractivity contribution in [2.45, 2.75) is 51.2 Å². The molecule has 150 valence electrons. The van der Waals surface area contributed by atoms with Gasteiger partial charge in [0.1, 0.15) is 0 Å². The number of nitrogens with one attached hydrogen (secondary N) is 3. The van der Waals surface area contributed by atoms with Gasteiger partial charge in [0.05, 0.1) is 18.1 Å². The molecule has 8 nitrogen and oxygen atoms in total. The van der Waals surface area contributed by atoms with Crippen molar-refractivity contribution >= 4 is 48.7 Å². The number of carbonyl (C=O) groups excluding carboxylic acids is 3. The Balaban J connectivity index is 5.19. The third kappa shape index (κ3) is 9.02. The Kier molecular flexibility index (Phi) is 12.6. The van der Waals surface area contributed by atoms with E-state index in [1.54, 1.807) is 0 Å². The normalized spacial score (nSPS) is 14.5. The molecule has 0 aliphatic carbocycles. The lowest BCUT2D eigenvalue weighted by Gasteiger charge is -2.24. The van der Waals surface area contributed by atoms with Crippen molar-refractivity contribution in [1.29, 1.82) is 0 Å². The van der Waals surface area contributed by atoms with Gasteiger partial charge in [0, 0.05) is 18.1 Å². The van der Waals surface area contributed by atoms with E-state index < -0.39 is 41.6 Å². The standard InChI is InChI=1S/C16H29N3O5S2/c1-9(2)6-11(19-16(24)12(7-25)18-8-26)15(23)14(22)10(17-3)4-5-13(20)21/h9-12,17-18,25-26H,4-8H2,1-3H3,(H,19,24)(H,20,21)/t10-,11-,12-/m0/s1. The molecular weight excluding hydrogens is 378 g/mol. The number of carboxylic acids is 1. The van der Waals surface area contributed by atoms with E-state index in [0.717, 1.165) is 0 Å². The average Bonchev–Trinajstić information content (AvgIpc) is 2.57. The molecule has 10 heteroatoms. The molecule has 4 N–H and O–H groups in total. The van der Waals surface area contributed by atoms with Crippen LogP contribution in [-0.4, -0.2) is 65.4 Å². The molecule has 3 atom stereocenters. The van der Waals surface area contributed by atoms with Crippen LogP contribution in [0, 0.1) is 5.92 Å². The Morgan fingerprint density at radius 3 is 2.00 bits per heavy atom. The number of rotatable bonds is 14. The second-order valence-corrected chi connectivity index (χ2v) is 6.97. The van der Waals surface area contributed by atoms with Gasteiger partial charge in [-0.1, -0.05) is 13.8 Å². The molecule has 0 fully saturated rings. The van der Waals surface area contributed by atoms with Crippen LogP contribution in [0.5, 0.6) is 0 Å². The fourth-order valence-corrected chi connectivity index (χ4v) is 2.86. The number of hydrogen-bond donors (Lipinski definition) is 6. The first-order chi connectivity index (χ1) is 12.2. The van der Waals surface area contributed by atoms with Crippen molar-refractivity contribution < 1.29 is 24.3 Å². The van der Waals surface area contributed by atoms with E-state index >= 15 is 0 Å². The van der Waals surface area contributed by atoms with Crippen LogP contribution in [-0.2, 0) is 19.2 Å². The van der Waals surface area contributed by atoms with Crippen LogP contribution in [0.2, 0.25) is 0 Å². The van der Waals surface area contributed by atoms with Crippen molar-refractivity contribution in [2.75, 3.05) is 18.7 Å². The first kappa shape index (κ1) is 24.9. The van der Waals surface area contributed by atoms with Gasteiger partial charge in [-0.05, 0) is 25.8 Å². The molecule has 0 unspecified atom stereocenters. The maximum atomic E-state index is 12.6. The summed E-state index contributed by atoms with van der Waals surface area (Å²) in [6, 6.07) is -2.51. The van der Waals surface area contributed by atoms with E-state index in [9.17, 15) is 19.2 Å². The minimum atomic E-state index is -1.05. The zero-order valence-electron chi connectivity index (χ0n) is 15.3. The highest BCUT2D eigenvalue weighted by molar-refractivity contribution is 7.80. The number of ketones is 2. The third-order valence-electron chi connectivity index (χ3n) is 3.73. The SMILES string of the molecule is CN[C@@H](CCC(=O)O)C(=O)C(=O)[C@H](CC(C)C)NC(=O)[C@H](CS)NCS.